The number of carbonyl (C=O) groups is 2. The maximum atomic E-state index is 11.5. The van der Waals surface area contributed by atoms with Gasteiger partial charge < -0.3 is 0 Å². The second-order valence-electron chi connectivity index (χ2n) is 3.93. The number of nitrogens with zero attached hydrogens (tertiary/aromatic N) is 2. The highest BCUT2D eigenvalue weighted by Gasteiger charge is 2.22. The van der Waals surface area contributed by atoms with E-state index >= 15 is 0 Å². The van der Waals surface area contributed by atoms with Crippen molar-refractivity contribution in [2.24, 2.45) is 10.2 Å². The lowest BCUT2D eigenvalue weighted by Crippen LogP contribution is -2.18. The molecule has 0 radical (unpaired) electrons. The Morgan fingerprint density at radius 2 is 1.67 bits per heavy atom. The molecular formula is C13H11BrN2O2. The van der Waals surface area contributed by atoms with Crippen LogP contribution in [-0.2, 0) is 9.59 Å². The van der Waals surface area contributed by atoms with Crippen LogP contribution < -0.4 is 0 Å². The zero-order valence-corrected chi connectivity index (χ0v) is 11.2. The van der Waals surface area contributed by atoms with Crippen LogP contribution in [0, 0.1) is 0 Å². The van der Waals surface area contributed by atoms with Gasteiger partial charge in [0.15, 0.2) is 11.6 Å². The van der Waals surface area contributed by atoms with Gasteiger partial charge in [0.1, 0.15) is 0 Å². The number of ketones is 2. The van der Waals surface area contributed by atoms with Crippen LogP contribution in [0.25, 0.3) is 0 Å². The summed E-state index contributed by atoms with van der Waals surface area (Å²) in [5.41, 5.74) is 0.841. The summed E-state index contributed by atoms with van der Waals surface area (Å²) in [7, 11) is 0. The molecule has 0 heterocycles. The average molecular weight is 307 g/mol. The molecule has 4 nitrogen and oxygen atoms in total. The molecule has 0 N–H and O–H groups in total. The van der Waals surface area contributed by atoms with Gasteiger partial charge in [-0.2, -0.15) is 10.2 Å². The van der Waals surface area contributed by atoms with Gasteiger partial charge in [-0.25, -0.2) is 0 Å². The molecule has 0 bridgehead atoms. The zero-order chi connectivity index (χ0) is 13.0. The molecule has 1 saturated carbocycles. The molecule has 5 heteroatoms. The van der Waals surface area contributed by atoms with Gasteiger partial charge in [0, 0.05) is 17.3 Å². The first-order valence-corrected chi connectivity index (χ1v) is 6.39. The fourth-order valence-electron chi connectivity index (χ4n) is 1.64. The second-order valence-corrected chi connectivity index (χ2v) is 4.85. The lowest BCUT2D eigenvalue weighted by atomic mass is 9.93. The van der Waals surface area contributed by atoms with Crippen molar-refractivity contribution in [2.45, 2.75) is 19.3 Å². The molecule has 18 heavy (non-hydrogen) atoms. The predicted molar refractivity (Wildman–Crippen MR) is 70.6 cm³/mol. The molecule has 1 aromatic rings. The topological polar surface area (TPSA) is 58.9 Å². The van der Waals surface area contributed by atoms with Crippen molar-refractivity contribution in [3.8, 4) is 0 Å². The molecule has 0 unspecified atom stereocenters. The van der Waals surface area contributed by atoms with Gasteiger partial charge in [-0.1, -0.05) is 15.9 Å². The number of rotatable bonds is 2. The van der Waals surface area contributed by atoms with E-state index in [1.54, 1.807) is 12.1 Å². The minimum Gasteiger partial charge on any atom is -0.294 e. The molecule has 1 aliphatic rings. The Labute approximate surface area is 113 Å². The van der Waals surface area contributed by atoms with Gasteiger partial charge in [-0.3, -0.25) is 9.59 Å². The van der Waals surface area contributed by atoms with E-state index in [1.165, 1.54) is 6.20 Å². The third kappa shape index (κ3) is 3.20. The quantitative estimate of drug-likeness (QED) is 0.475. The SMILES string of the molecule is O=C1CCCC(=O)C1=CN=Nc1ccc(Br)cc1. The number of hydrogen-bond donors (Lipinski definition) is 0. The summed E-state index contributed by atoms with van der Waals surface area (Å²) >= 11 is 3.32. The smallest absolute Gasteiger partial charge is 0.168 e. The molecule has 0 aliphatic heterocycles. The number of benzene rings is 1. The molecule has 0 amide bonds. The van der Waals surface area contributed by atoms with Crippen molar-refractivity contribution in [1.82, 2.24) is 0 Å². The molecule has 0 saturated heterocycles. The van der Waals surface area contributed by atoms with Crippen LogP contribution in [0.3, 0.4) is 0 Å². The number of allylic oxidation sites excluding steroid dienone is 1. The predicted octanol–water partition coefficient (Wildman–Crippen LogP) is 3.74. The average Bonchev–Trinajstić information content (AvgIpc) is 2.35. The highest BCUT2D eigenvalue weighted by atomic mass is 79.9. The zero-order valence-electron chi connectivity index (χ0n) is 9.60. The maximum Gasteiger partial charge on any atom is 0.168 e. The molecule has 0 aromatic heterocycles. The fraction of sp³-hybridized carbons (Fsp3) is 0.231. The second kappa shape index (κ2) is 5.82. The van der Waals surface area contributed by atoms with Crippen LogP contribution in [-0.4, -0.2) is 11.6 Å². The van der Waals surface area contributed by atoms with Crippen LogP contribution in [0.15, 0.2) is 50.7 Å². The molecular weight excluding hydrogens is 296 g/mol. The van der Waals surface area contributed by atoms with E-state index in [9.17, 15) is 9.59 Å². The summed E-state index contributed by atoms with van der Waals surface area (Å²) in [6.07, 6.45) is 2.75. The maximum absolute atomic E-state index is 11.5. The molecule has 1 fully saturated rings. The third-order valence-corrected chi connectivity index (χ3v) is 3.12. The Kier molecular flexibility index (Phi) is 4.15. The van der Waals surface area contributed by atoms with Crippen LogP contribution in [0.2, 0.25) is 0 Å². The van der Waals surface area contributed by atoms with Crippen LogP contribution in [0.5, 0.6) is 0 Å². The minimum absolute atomic E-state index is 0.138. The van der Waals surface area contributed by atoms with E-state index in [-0.39, 0.29) is 17.1 Å². The van der Waals surface area contributed by atoms with E-state index in [0.717, 1.165) is 4.47 Å². The first kappa shape index (κ1) is 12.8. The summed E-state index contributed by atoms with van der Waals surface area (Å²) in [6, 6.07) is 7.27. The van der Waals surface area contributed by atoms with E-state index in [2.05, 4.69) is 26.2 Å². The standard InChI is InChI=1S/C13H11BrN2O2/c14-9-4-6-10(7-5-9)16-15-8-11-12(17)2-1-3-13(11)18/h4-8H,1-3H2. The Hall–Kier alpha value is -1.62. The monoisotopic (exact) mass is 306 g/mol. The fourth-order valence-corrected chi connectivity index (χ4v) is 1.90. The van der Waals surface area contributed by atoms with Crippen molar-refractivity contribution in [1.29, 1.82) is 0 Å². The van der Waals surface area contributed by atoms with Crippen LogP contribution in [0.1, 0.15) is 19.3 Å². The molecule has 1 aliphatic carbocycles. The number of azo groups is 1. The summed E-state index contributed by atoms with van der Waals surface area (Å²) in [5, 5.41) is 7.74. The largest absolute Gasteiger partial charge is 0.294 e. The van der Waals surface area contributed by atoms with Gasteiger partial charge in [-0.05, 0) is 30.7 Å². The summed E-state index contributed by atoms with van der Waals surface area (Å²) in [6.45, 7) is 0. The Bertz CT molecular complexity index is 514. The lowest BCUT2D eigenvalue weighted by molar-refractivity contribution is -0.123. The van der Waals surface area contributed by atoms with Crippen molar-refractivity contribution in [2.75, 3.05) is 0 Å². The first-order valence-electron chi connectivity index (χ1n) is 5.60. The summed E-state index contributed by atoms with van der Waals surface area (Å²) in [4.78, 5) is 23.0. The van der Waals surface area contributed by atoms with Gasteiger partial charge in [-0.15, -0.1) is 0 Å². The third-order valence-electron chi connectivity index (χ3n) is 2.60. The van der Waals surface area contributed by atoms with Crippen molar-refractivity contribution >= 4 is 33.2 Å². The first-order chi connectivity index (χ1) is 8.66. The molecule has 92 valence electrons. The van der Waals surface area contributed by atoms with Gasteiger partial charge in [0.05, 0.1) is 17.5 Å². The Balaban J connectivity index is 2.11. The van der Waals surface area contributed by atoms with Crippen LogP contribution in [0.4, 0.5) is 5.69 Å². The van der Waals surface area contributed by atoms with Gasteiger partial charge in [0.25, 0.3) is 0 Å². The highest BCUT2D eigenvalue weighted by Crippen LogP contribution is 2.19. The molecule has 0 atom stereocenters. The summed E-state index contributed by atoms with van der Waals surface area (Å²) < 4.78 is 0.956. The molecule has 2 rings (SSSR count). The number of halogens is 1. The minimum atomic E-state index is -0.138. The van der Waals surface area contributed by atoms with Crippen molar-refractivity contribution in [3.63, 3.8) is 0 Å². The van der Waals surface area contributed by atoms with Crippen LogP contribution >= 0.6 is 15.9 Å². The van der Waals surface area contributed by atoms with Gasteiger partial charge in [0.2, 0.25) is 0 Å². The lowest BCUT2D eigenvalue weighted by Gasteiger charge is -2.09. The van der Waals surface area contributed by atoms with E-state index in [1.807, 2.05) is 12.1 Å². The van der Waals surface area contributed by atoms with Crippen molar-refractivity contribution in [3.05, 3.63) is 40.5 Å². The van der Waals surface area contributed by atoms with Gasteiger partial charge >= 0.3 is 0 Å². The van der Waals surface area contributed by atoms with E-state index in [4.69, 9.17) is 0 Å². The molecule has 0 spiro atoms. The normalized spacial score (nSPS) is 16.4. The Morgan fingerprint density at radius 3 is 2.28 bits per heavy atom. The number of Topliss-reactive ketones (excluding diaryl/α,β-unsaturated/α-hetero) is 2. The number of hydrogen-bond acceptors (Lipinski definition) is 4. The van der Waals surface area contributed by atoms with E-state index in [0.29, 0.717) is 24.9 Å². The summed E-state index contributed by atoms with van der Waals surface area (Å²) in [5.74, 6) is -0.276. The Morgan fingerprint density at radius 1 is 1.06 bits per heavy atom. The molecule has 1 aromatic carbocycles. The number of carbonyl (C=O) groups excluding carboxylic acids is 2. The van der Waals surface area contributed by atoms with E-state index < -0.39 is 0 Å². The highest BCUT2D eigenvalue weighted by molar-refractivity contribution is 9.10. The van der Waals surface area contributed by atoms with Crippen molar-refractivity contribution < 1.29 is 9.59 Å².